The Morgan fingerprint density at radius 2 is 2.17 bits per heavy atom. The molecule has 0 aliphatic heterocycles. The first-order valence-electron chi connectivity index (χ1n) is 5.35. The highest BCUT2D eigenvalue weighted by molar-refractivity contribution is 9.10. The van der Waals surface area contributed by atoms with Gasteiger partial charge in [0.05, 0.1) is 10.2 Å². The van der Waals surface area contributed by atoms with E-state index in [-0.39, 0.29) is 5.91 Å². The average molecular weight is 306 g/mol. The maximum Gasteiger partial charge on any atom is 0.255 e. The Balaban J connectivity index is 2.22. The smallest absolute Gasteiger partial charge is 0.255 e. The van der Waals surface area contributed by atoms with Crippen LogP contribution in [0.25, 0.3) is 0 Å². The van der Waals surface area contributed by atoms with Crippen LogP contribution >= 0.6 is 15.9 Å². The lowest BCUT2D eigenvalue weighted by Crippen LogP contribution is -2.12. The van der Waals surface area contributed by atoms with Crippen molar-refractivity contribution in [3.05, 3.63) is 52.3 Å². The SMILES string of the molecule is Cc1cc(C(=O)Nc2ccncc2Br)ccc1N. The second kappa shape index (κ2) is 5.18. The van der Waals surface area contributed by atoms with Crippen molar-refractivity contribution < 1.29 is 4.79 Å². The van der Waals surface area contributed by atoms with Gasteiger partial charge in [-0.05, 0) is 52.7 Å². The van der Waals surface area contributed by atoms with E-state index in [4.69, 9.17) is 5.73 Å². The molecule has 1 aromatic heterocycles. The van der Waals surface area contributed by atoms with Gasteiger partial charge in [0.25, 0.3) is 5.91 Å². The number of hydrogen-bond donors (Lipinski definition) is 2. The molecular weight excluding hydrogens is 294 g/mol. The van der Waals surface area contributed by atoms with Crippen LogP contribution < -0.4 is 11.1 Å². The van der Waals surface area contributed by atoms with Crippen LogP contribution in [0.2, 0.25) is 0 Å². The van der Waals surface area contributed by atoms with E-state index in [1.807, 2.05) is 6.92 Å². The van der Waals surface area contributed by atoms with E-state index in [2.05, 4.69) is 26.2 Å². The number of halogens is 1. The molecule has 0 unspecified atom stereocenters. The van der Waals surface area contributed by atoms with Gasteiger partial charge in [-0.3, -0.25) is 9.78 Å². The van der Waals surface area contributed by atoms with Gasteiger partial charge in [-0.2, -0.15) is 0 Å². The van der Waals surface area contributed by atoms with Gasteiger partial charge >= 0.3 is 0 Å². The van der Waals surface area contributed by atoms with Crippen molar-refractivity contribution >= 4 is 33.2 Å². The normalized spacial score (nSPS) is 10.1. The molecule has 1 aromatic carbocycles. The minimum absolute atomic E-state index is 0.176. The predicted molar refractivity (Wildman–Crippen MR) is 75.5 cm³/mol. The number of rotatable bonds is 2. The van der Waals surface area contributed by atoms with Crippen molar-refractivity contribution in [2.45, 2.75) is 6.92 Å². The maximum absolute atomic E-state index is 12.0. The number of aromatic nitrogens is 1. The van der Waals surface area contributed by atoms with E-state index in [0.29, 0.717) is 16.9 Å². The molecule has 1 amide bonds. The average Bonchev–Trinajstić information content (AvgIpc) is 2.35. The molecule has 4 nitrogen and oxygen atoms in total. The Morgan fingerprint density at radius 1 is 1.39 bits per heavy atom. The summed E-state index contributed by atoms with van der Waals surface area (Å²) in [5.74, 6) is -0.176. The third kappa shape index (κ3) is 2.68. The number of nitrogens with one attached hydrogen (secondary N) is 1. The molecule has 92 valence electrons. The van der Waals surface area contributed by atoms with E-state index in [0.717, 1.165) is 10.0 Å². The fourth-order valence-corrected chi connectivity index (χ4v) is 1.84. The molecule has 0 atom stereocenters. The molecule has 0 spiro atoms. The van der Waals surface area contributed by atoms with Gasteiger partial charge in [0.15, 0.2) is 0 Å². The van der Waals surface area contributed by atoms with Crippen LogP contribution in [0.4, 0.5) is 11.4 Å². The van der Waals surface area contributed by atoms with Crippen LogP contribution in [-0.4, -0.2) is 10.9 Å². The van der Waals surface area contributed by atoms with Crippen LogP contribution in [0.15, 0.2) is 41.1 Å². The number of pyridine rings is 1. The number of aryl methyl sites for hydroxylation is 1. The summed E-state index contributed by atoms with van der Waals surface area (Å²) < 4.78 is 0.741. The van der Waals surface area contributed by atoms with Crippen molar-refractivity contribution in [1.29, 1.82) is 0 Å². The number of hydrogen-bond acceptors (Lipinski definition) is 3. The molecule has 18 heavy (non-hydrogen) atoms. The minimum atomic E-state index is -0.176. The van der Waals surface area contributed by atoms with E-state index in [1.54, 1.807) is 36.7 Å². The number of amides is 1. The molecule has 3 N–H and O–H groups in total. The number of benzene rings is 1. The summed E-state index contributed by atoms with van der Waals surface area (Å²) >= 11 is 3.33. The fourth-order valence-electron chi connectivity index (χ4n) is 1.49. The van der Waals surface area contributed by atoms with Gasteiger partial charge in [-0.25, -0.2) is 0 Å². The molecule has 0 aliphatic rings. The van der Waals surface area contributed by atoms with Gasteiger partial charge in [-0.15, -0.1) is 0 Å². The summed E-state index contributed by atoms with van der Waals surface area (Å²) in [4.78, 5) is 16.0. The van der Waals surface area contributed by atoms with E-state index < -0.39 is 0 Å². The molecule has 0 aliphatic carbocycles. The van der Waals surface area contributed by atoms with Gasteiger partial charge in [0.1, 0.15) is 0 Å². The zero-order chi connectivity index (χ0) is 13.1. The summed E-state index contributed by atoms with van der Waals surface area (Å²) in [6.45, 7) is 1.87. The zero-order valence-electron chi connectivity index (χ0n) is 9.77. The second-order valence-corrected chi connectivity index (χ2v) is 4.74. The number of carbonyl (C=O) groups is 1. The molecule has 0 bridgehead atoms. The van der Waals surface area contributed by atoms with Crippen molar-refractivity contribution in [2.24, 2.45) is 0 Å². The molecule has 0 radical (unpaired) electrons. The van der Waals surface area contributed by atoms with Crippen LogP contribution in [0.1, 0.15) is 15.9 Å². The second-order valence-electron chi connectivity index (χ2n) is 3.88. The van der Waals surface area contributed by atoms with Gasteiger partial charge in [-0.1, -0.05) is 0 Å². The monoisotopic (exact) mass is 305 g/mol. The molecule has 2 rings (SSSR count). The van der Waals surface area contributed by atoms with Gasteiger partial charge in [0, 0.05) is 23.6 Å². The van der Waals surface area contributed by atoms with Crippen LogP contribution in [0.5, 0.6) is 0 Å². The standard InChI is InChI=1S/C13H12BrN3O/c1-8-6-9(2-3-11(8)15)13(18)17-12-4-5-16-7-10(12)14/h2-7H,15H2,1H3,(H,16,17,18). The van der Waals surface area contributed by atoms with Gasteiger partial charge < -0.3 is 11.1 Å². The lowest BCUT2D eigenvalue weighted by molar-refractivity contribution is 0.102. The Kier molecular flexibility index (Phi) is 3.62. The van der Waals surface area contributed by atoms with Crippen molar-refractivity contribution in [2.75, 3.05) is 11.1 Å². The quantitative estimate of drug-likeness (QED) is 0.838. The molecule has 5 heteroatoms. The molecular formula is C13H12BrN3O. The third-order valence-corrected chi connectivity index (χ3v) is 3.18. The predicted octanol–water partition coefficient (Wildman–Crippen LogP) is 2.99. The Morgan fingerprint density at radius 3 is 2.83 bits per heavy atom. The minimum Gasteiger partial charge on any atom is -0.399 e. The van der Waals surface area contributed by atoms with E-state index >= 15 is 0 Å². The topological polar surface area (TPSA) is 68.0 Å². The molecule has 0 saturated carbocycles. The first kappa shape index (κ1) is 12.6. The maximum atomic E-state index is 12.0. The fraction of sp³-hybridized carbons (Fsp3) is 0.0769. The summed E-state index contributed by atoms with van der Waals surface area (Å²) in [6.07, 6.45) is 3.25. The van der Waals surface area contributed by atoms with E-state index in [1.165, 1.54) is 0 Å². The van der Waals surface area contributed by atoms with Crippen molar-refractivity contribution in [1.82, 2.24) is 4.98 Å². The zero-order valence-corrected chi connectivity index (χ0v) is 11.4. The van der Waals surface area contributed by atoms with E-state index in [9.17, 15) is 4.79 Å². The largest absolute Gasteiger partial charge is 0.399 e. The Hall–Kier alpha value is -1.88. The van der Waals surface area contributed by atoms with Gasteiger partial charge in [0.2, 0.25) is 0 Å². The summed E-state index contributed by atoms with van der Waals surface area (Å²) in [5.41, 5.74) is 8.54. The van der Waals surface area contributed by atoms with Crippen LogP contribution in [-0.2, 0) is 0 Å². The highest BCUT2D eigenvalue weighted by Gasteiger charge is 2.09. The third-order valence-electron chi connectivity index (χ3n) is 2.55. The number of anilines is 2. The highest BCUT2D eigenvalue weighted by Crippen LogP contribution is 2.21. The van der Waals surface area contributed by atoms with Crippen molar-refractivity contribution in [3.8, 4) is 0 Å². The summed E-state index contributed by atoms with van der Waals surface area (Å²) in [6, 6.07) is 6.92. The number of nitrogens with zero attached hydrogens (tertiary/aromatic N) is 1. The number of carbonyl (C=O) groups excluding carboxylic acids is 1. The van der Waals surface area contributed by atoms with Crippen LogP contribution in [0, 0.1) is 6.92 Å². The Labute approximate surface area is 113 Å². The first-order chi connectivity index (χ1) is 8.58. The molecule has 1 heterocycles. The number of nitrogens with two attached hydrogens (primary N) is 1. The highest BCUT2D eigenvalue weighted by atomic mass is 79.9. The van der Waals surface area contributed by atoms with Crippen LogP contribution in [0.3, 0.4) is 0 Å². The summed E-state index contributed by atoms with van der Waals surface area (Å²) in [7, 11) is 0. The number of nitrogen functional groups attached to an aromatic ring is 1. The molecule has 2 aromatic rings. The van der Waals surface area contributed by atoms with Crippen molar-refractivity contribution in [3.63, 3.8) is 0 Å². The lowest BCUT2D eigenvalue weighted by atomic mass is 10.1. The molecule has 0 fully saturated rings. The first-order valence-corrected chi connectivity index (χ1v) is 6.14. The Bertz CT molecular complexity index is 599. The summed E-state index contributed by atoms with van der Waals surface area (Å²) in [5, 5.41) is 2.81. The molecule has 0 saturated heterocycles. The lowest BCUT2D eigenvalue weighted by Gasteiger charge is -2.08.